The number of likely N-dealkylation sites (N-methyl/N-ethyl adjacent to an activating group) is 1. The molecular formula is C12H21N3O. The number of nitrogens with two attached hydrogens (primary N) is 1. The summed E-state index contributed by atoms with van der Waals surface area (Å²) in [4.78, 5) is 16.0. The SMILES string of the molecule is CN(C(=O)CN1CC[C@H](N)C1)C1=CCCC1. The van der Waals surface area contributed by atoms with Crippen LogP contribution < -0.4 is 5.73 Å². The molecule has 1 heterocycles. The van der Waals surface area contributed by atoms with Gasteiger partial charge in [0.2, 0.25) is 5.91 Å². The molecule has 1 atom stereocenters. The Morgan fingerprint density at radius 2 is 2.50 bits per heavy atom. The van der Waals surface area contributed by atoms with Crippen molar-refractivity contribution >= 4 is 5.91 Å². The van der Waals surface area contributed by atoms with E-state index in [4.69, 9.17) is 5.73 Å². The number of hydrogen-bond acceptors (Lipinski definition) is 3. The average Bonchev–Trinajstić information content (AvgIpc) is 2.88. The fourth-order valence-corrected chi connectivity index (χ4v) is 2.42. The van der Waals surface area contributed by atoms with E-state index in [1.807, 2.05) is 11.9 Å². The van der Waals surface area contributed by atoms with Gasteiger partial charge in [-0.2, -0.15) is 0 Å². The highest BCUT2D eigenvalue weighted by Crippen LogP contribution is 2.20. The molecule has 0 spiro atoms. The molecule has 0 unspecified atom stereocenters. The van der Waals surface area contributed by atoms with Crippen LogP contribution in [0.2, 0.25) is 0 Å². The van der Waals surface area contributed by atoms with Crippen molar-refractivity contribution in [1.82, 2.24) is 9.80 Å². The zero-order valence-electron chi connectivity index (χ0n) is 9.98. The van der Waals surface area contributed by atoms with Crippen molar-refractivity contribution in [3.63, 3.8) is 0 Å². The largest absolute Gasteiger partial charge is 0.326 e. The highest BCUT2D eigenvalue weighted by atomic mass is 16.2. The first-order valence-corrected chi connectivity index (χ1v) is 6.10. The fourth-order valence-electron chi connectivity index (χ4n) is 2.42. The van der Waals surface area contributed by atoms with Crippen LogP contribution in [0, 0.1) is 0 Å². The Balaban J connectivity index is 1.83. The summed E-state index contributed by atoms with van der Waals surface area (Å²) in [5.74, 6) is 0.197. The lowest BCUT2D eigenvalue weighted by molar-refractivity contribution is -0.129. The zero-order valence-corrected chi connectivity index (χ0v) is 9.98. The number of hydrogen-bond donors (Lipinski definition) is 1. The van der Waals surface area contributed by atoms with Gasteiger partial charge in [0.05, 0.1) is 6.54 Å². The Hall–Kier alpha value is -0.870. The molecule has 4 nitrogen and oxygen atoms in total. The molecule has 0 saturated carbocycles. The van der Waals surface area contributed by atoms with Crippen molar-refractivity contribution < 1.29 is 4.79 Å². The lowest BCUT2D eigenvalue weighted by atomic mass is 10.3. The molecule has 4 heteroatoms. The molecule has 1 amide bonds. The van der Waals surface area contributed by atoms with Gasteiger partial charge in [-0.05, 0) is 25.7 Å². The molecular weight excluding hydrogens is 202 g/mol. The Kier molecular flexibility index (Phi) is 3.61. The quantitative estimate of drug-likeness (QED) is 0.760. The number of rotatable bonds is 3. The van der Waals surface area contributed by atoms with Crippen LogP contribution in [0.3, 0.4) is 0 Å². The van der Waals surface area contributed by atoms with Gasteiger partial charge in [-0.1, -0.05) is 6.08 Å². The minimum absolute atomic E-state index is 0.197. The van der Waals surface area contributed by atoms with Crippen molar-refractivity contribution in [3.05, 3.63) is 11.8 Å². The minimum atomic E-state index is 0.197. The molecule has 1 saturated heterocycles. The van der Waals surface area contributed by atoms with Crippen LogP contribution in [0.15, 0.2) is 11.8 Å². The second-order valence-corrected chi connectivity index (χ2v) is 4.82. The summed E-state index contributed by atoms with van der Waals surface area (Å²) < 4.78 is 0. The summed E-state index contributed by atoms with van der Waals surface area (Å²) in [6.45, 7) is 2.33. The third kappa shape index (κ3) is 2.62. The topological polar surface area (TPSA) is 49.6 Å². The third-order valence-electron chi connectivity index (χ3n) is 3.49. The number of carbonyl (C=O) groups excluding carboxylic acids is 1. The molecule has 0 aromatic heterocycles. The van der Waals surface area contributed by atoms with Gasteiger partial charge in [0.25, 0.3) is 0 Å². The fraction of sp³-hybridized carbons (Fsp3) is 0.750. The van der Waals surface area contributed by atoms with Crippen LogP contribution in [-0.2, 0) is 4.79 Å². The Morgan fingerprint density at radius 1 is 1.69 bits per heavy atom. The van der Waals surface area contributed by atoms with Crippen molar-refractivity contribution in [3.8, 4) is 0 Å². The monoisotopic (exact) mass is 223 g/mol. The van der Waals surface area contributed by atoms with E-state index in [0.29, 0.717) is 6.54 Å². The van der Waals surface area contributed by atoms with Gasteiger partial charge in [0.1, 0.15) is 0 Å². The Morgan fingerprint density at radius 3 is 3.06 bits per heavy atom. The van der Waals surface area contributed by atoms with E-state index in [1.165, 1.54) is 12.1 Å². The summed E-state index contributed by atoms with van der Waals surface area (Å²) in [6.07, 6.45) is 6.53. The second kappa shape index (κ2) is 4.97. The summed E-state index contributed by atoms with van der Waals surface area (Å²) in [5, 5.41) is 0. The molecule has 2 aliphatic rings. The van der Waals surface area contributed by atoms with Crippen LogP contribution in [0.5, 0.6) is 0 Å². The standard InChI is InChI=1S/C12H21N3O/c1-14(11-4-2-3-5-11)12(16)9-15-7-6-10(13)8-15/h4,10H,2-3,5-9,13H2,1H3/t10-/m0/s1. The lowest BCUT2D eigenvalue weighted by Crippen LogP contribution is -2.37. The van der Waals surface area contributed by atoms with Gasteiger partial charge in [-0.3, -0.25) is 9.69 Å². The molecule has 2 N–H and O–H groups in total. The van der Waals surface area contributed by atoms with E-state index in [0.717, 1.165) is 32.4 Å². The van der Waals surface area contributed by atoms with E-state index in [1.54, 1.807) is 0 Å². The van der Waals surface area contributed by atoms with Crippen LogP contribution in [0.4, 0.5) is 0 Å². The molecule has 0 aromatic rings. The van der Waals surface area contributed by atoms with E-state index in [-0.39, 0.29) is 11.9 Å². The lowest BCUT2D eigenvalue weighted by Gasteiger charge is -2.22. The molecule has 2 rings (SSSR count). The highest BCUT2D eigenvalue weighted by Gasteiger charge is 2.23. The van der Waals surface area contributed by atoms with E-state index < -0.39 is 0 Å². The van der Waals surface area contributed by atoms with Crippen LogP contribution in [0.1, 0.15) is 25.7 Å². The van der Waals surface area contributed by atoms with Crippen LogP contribution in [-0.4, -0.2) is 48.4 Å². The number of carbonyl (C=O) groups is 1. The summed E-state index contributed by atoms with van der Waals surface area (Å²) in [7, 11) is 1.88. The number of likely N-dealkylation sites (tertiary alicyclic amines) is 1. The van der Waals surface area contributed by atoms with Gasteiger partial charge >= 0.3 is 0 Å². The molecule has 0 radical (unpaired) electrons. The minimum Gasteiger partial charge on any atom is -0.326 e. The van der Waals surface area contributed by atoms with Crippen molar-refractivity contribution in [1.29, 1.82) is 0 Å². The zero-order chi connectivity index (χ0) is 11.5. The summed E-state index contributed by atoms with van der Waals surface area (Å²) in [5.41, 5.74) is 7.01. The first kappa shape index (κ1) is 11.6. The normalized spacial score (nSPS) is 25.9. The molecule has 1 aliphatic carbocycles. The van der Waals surface area contributed by atoms with Crippen molar-refractivity contribution in [2.45, 2.75) is 31.7 Å². The smallest absolute Gasteiger partial charge is 0.240 e. The van der Waals surface area contributed by atoms with Crippen LogP contribution in [0.25, 0.3) is 0 Å². The van der Waals surface area contributed by atoms with Gasteiger partial charge in [-0.15, -0.1) is 0 Å². The molecule has 0 bridgehead atoms. The van der Waals surface area contributed by atoms with E-state index in [9.17, 15) is 4.79 Å². The van der Waals surface area contributed by atoms with Crippen LogP contribution >= 0.6 is 0 Å². The van der Waals surface area contributed by atoms with Crippen molar-refractivity contribution in [2.75, 3.05) is 26.7 Å². The first-order chi connectivity index (χ1) is 7.66. The summed E-state index contributed by atoms with van der Waals surface area (Å²) in [6, 6.07) is 0.254. The van der Waals surface area contributed by atoms with E-state index in [2.05, 4.69) is 11.0 Å². The Labute approximate surface area is 97.1 Å². The summed E-state index contributed by atoms with van der Waals surface area (Å²) >= 11 is 0. The van der Waals surface area contributed by atoms with E-state index >= 15 is 0 Å². The van der Waals surface area contributed by atoms with Crippen molar-refractivity contribution in [2.24, 2.45) is 5.73 Å². The Bertz CT molecular complexity index is 301. The average molecular weight is 223 g/mol. The first-order valence-electron chi connectivity index (χ1n) is 6.10. The molecule has 1 aliphatic heterocycles. The highest BCUT2D eigenvalue weighted by molar-refractivity contribution is 5.79. The predicted octanol–water partition coefficient (Wildman–Crippen LogP) is 0.546. The number of allylic oxidation sites excluding steroid dienone is 2. The third-order valence-corrected chi connectivity index (χ3v) is 3.49. The van der Waals surface area contributed by atoms with Gasteiger partial charge in [-0.25, -0.2) is 0 Å². The maximum Gasteiger partial charge on any atom is 0.240 e. The number of amides is 1. The maximum absolute atomic E-state index is 12.0. The maximum atomic E-state index is 12.0. The molecule has 1 fully saturated rings. The van der Waals surface area contributed by atoms with Gasteiger partial charge in [0, 0.05) is 31.9 Å². The molecule has 0 aromatic carbocycles. The molecule has 90 valence electrons. The number of nitrogens with zero attached hydrogens (tertiary/aromatic N) is 2. The predicted molar refractivity (Wildman–Crippen MR) is 63.7 cm³/mol. The van der Waals surface area contributed by atoms with Gasteiger partial charge in [0.15, 0.2) is 0 Å². The second-order valence-electron chi connectivity index (χ2n) is 4.82. The van der Waals surface area contributed by atoms with Gasteiger partial charge < -0.3 is 10.6 Å². The molecule has 16 heavy (non-hydrogen) atoms.